The van der Waals surface area contributed by atoms with E-state index in [9.17, 15) is 8.42 Å². The Hall–Kier alpha value is -1.02. The first-order chi connectivity index (χ1) is 8.09. The lowest BCUT2D eigenvalue weighted by Gasteiger charge is -2.16. The molecule has 0 aliphatic rings. The van der Waals surface area contributed by atoms with Gasteiger partial charge in [0.1, 0.15) is 4.90 Å². The molecule has 1 N–H and O–H groups in total. The molecule has 17 heavy (non-hydrogen) atoms. The highest BCUT2D eigenvalue weighted by Gasteiger charge is 2.20. The third-order valence-electron chi connectivity index (χ3n) is 2.13. The van der Waals surface area contributed by atoms with E-state index >= 15 is 0 Å². The second-order valence-corrected chi connectivity index (χ2v) is 5.40. The van der Waals surface area contributed by atoms with Crippen LogP contribution in [0.2, 0.25) is 0 Å². The number of aliphatic hydroxyl groups is 1. The molecule has 0 bridgehead atoms. The lowest BCUT2D eigenvalue weighted by Crippen LogP contribution is -2.30. The number of hydrogen-bond acceptors (Lipinski definition) is 5. The molecule has 1 aromatic heterocycles. The lowest BCUT2D eigenvalue weighted by atomic mass is 10.5. The molecular weight excluding hydrogens is 244 g/mol. The van der Waals surface area contributed by atoms with Gasteiger partial charge in [-0.15, -0.1) is 0 Å². The molecule has 1 heterocycles. The summed E-state index contributed by atoms with van der Waals surface area (Å²) in [5.74, 6) is 0. The first-order valence-corrected chi connectivity index (χ1v) is 6.58. The molecule has 0 atom stereocenters. The Bertz CT molecular complexity index is 421. The Labute approximate surface area is 101 Å². The van der Waals surface area contributed by atoms with Gasteiger partial charge in [-0.3, -0.25) is 4.98 Å². The number of sulfonamides is 1. The number of likely N-dealkylation sites (N-methyl/N-ethyl adjacent to an activating group) is 1. The fraction of sp³-hybridized carbons (Fsp3) is 0.500. The van der Waals surface area contributed by atoms with E-state index in [0.29, 0.717) is 0 Å². The molecule has 0 unspecified atom stereocenters. The van der Waals surface area contributed by atoms with Crippen molar-refractivity contribution in [2.75, 3.05) is 33.4 Å². The van der Waals surface area contributed by atoms with Gasteiger partial charge in [-0.2, -0.15) is 4.31 Å². The highest BCUT2D eigenvalue weighted by atomic mass is 32.2. The van der Waals surface area contributed by atoms with Crippen LogP contribution in [0.3, 0.4) is 0 Å². The van der Waals surface area contributed by atoms with E-state index in [1.807, 2.05) is 0 Å². The van der Waals surface area contributed by atoms with Gasteiger partial charge < -0.3 is 9.84 Å². The molecule has 1 aromatic rings. The second-order valence-electron chi connectivity index (χ2n) is 3.35. The van der Waals surface area contributed by atoms with Crippen molar-refractivity contribution in [3.63, 3.8) is 0 Å². The average molecular weight is 260 g/mol. The van der Waals surface area contributed by atoms with Gasteiger partial charge in [0.2, 0.25) is 10.0 Å². The number of pyridine rings is 1. The predicted molar refractivity (Wildman–Crippen MR) is 62.0 cm³/mol. The molecule has 1 rings (SSSR count). The summed E-state index contributed by atoms with van der Waals surface area (Å²) in [5, 5.41) is 8.50. The van der Waals surface area contributed by atoms with Crippen molar-refractivity contribution < 1.29 is 18.3 Å². The summed E-state index contributed by atoms with van der Waals surface area (Å²) in [5.41, 5.74) is 0. The predicted octanol–water partition coefficient (Wildman–Crippen LogP) is -0.289. The molecule has 0 amide bonds. The van der Waals surface area contributed by atoms with Crippen molar-refractivity contribution in [2.24, 2.45) is 0 Å². The molecule has 96 valence electrons. The summed E-state index contributed by atoms with van der Waals surface area (Å²) in [6.07, 6.45) is 2.82. The summed E-state index contributed by atoms with van der Waals surface area (Å²) in [4.78, 5) is 3.93. The summed E-state index contributed by atoms with van der Waals surface area (Å²) in [6.45, 7) is 0.619. The molecule has 0 aromatic carbocycles. The quantitative estimate of drug-likeness (QED) is 0.682. The van der Waals surface area contributed by atoms with E-state index in [-0.39, 0.29) is 31.3 Å². The largest absolute Gasteiger partial charge is 0.394 e. The Morgan fingerprint density at radius 1 is 1.47 bits per heavy atom. The maximum atomic E-state index is 12.0. The monoisotopic (exact) mass is 260 g/mol. The standard InChI is InChI=1S/C10H16N2O4S/c1-12(5-7-16-8-6-13)17(14,15)10-3-2-4-11-9-10/h2-4,9,13H,5-8H2,1H3. The van der Waals surface area contributed by atoms with Crippen molar-refractivity contribution in [3.8, 4) is 0 Å². The van der Waals surface area contributed by atoms with Crippen LogP contribution in [0.5, 0.6) is 0 Å². The first kappa shape index (κ1) is 14.0. The molecule has 0 spiro atoms. The fourth-order valence-corrected chi connectivity index (χ4v) is 2.28. The van der Waals surface area contributed by atoms with E-state index in [2.05, 4.69) is 4.98 Å². The minimum Gasteiger partial charge on any atom is -0.394 e. The zero-order valence-electron chi connectivity index (χ0n) is 9.61. The van der Waals surface area contributed by atoms with Crippen molar-refractivity contribution >= 4 is 10.0 Å². The van der Waals surface area contributed by atoms with Gasteiger partial charge in [0.15, 0.2) is 0 Å². The van der Waals surface area contributed by atoms with E-state index in [0.717, 1.165) is 0 Å². The van der Waals surface area contributed by atoms with Gasteiger partial charge in [-0.1, -0.05) is 0 Å². The van der Waals surface area contributed by atoms with Gasteiger partial charge in [-0.25, -0.2) is 8.42 Å². The summed E-state index contributed by atoms with van der Waals surface area (Å²) in [6, 6.07) is 3.07. The normalized spacial score (nSPS) is 11.9. The highest BCUT2D eigenvalue weighted by molar-refractivity contribution is 7.89. The minimum atomic E-state index is -3.50. The number of hydrogen-bond donors (Lipinski definition) is 1. The van der Waals surface area contributed by atoms with Crippen molar-refractivity contribution in [1.82, 2.24) is 9.29 Å². The van der Waals surface area contributed by atoms with Gasteiger partial charge in [-0.05, 0) is 12.1 Å². The molecule has 0 fully saturated rings. The van der Waals surface area contributed by atoms with Crippen LogP contribution in [0, 0.1) is 0 Å². The summed E-state index contributed by atoms with van der Waals surface area (Å²) < 4.78 is 30.2. The smallest absolute Gasteiger partial charge is 0.244 e. The minimum absolute atomic E-state index is 0.0704. The molecule has 0 aliphatic heterocycles. The summed E-state index contributed by atoms with van der Waals surface area (Å²) in [7, 11) is -2.02. The third kappa shape index (κ3) is 4.04. The number of rotatable bonds is 7. The van der Waals surface area contributed by atoms with Gasteiger partial charge in [0.05, 0.1) is 19.8 Å². The molecule has 0 aliphatic carbocycles. The first-order valence-electron chi connectivity index (χ1n) is 5.14. The third-order valence-corrected chi connectivity index (χ3v) is 3.97. The maximum Gasteiger partial charge on any atom is 0.244 e. The van der Waals surface area contributed by atoms with Crippen molar-refractivity contribution in [2.45, 2.75) is 4.90 Å². The number of ether oxygens (including phenoxy) is 1. The van der Waals surface area contributed by atoms with Gasteiger partial charge in [0, 0.05) is 26.0 Å². The van der Waals surface area contributed by atoms with Gasteiger partial charge >= 0.3 is 0 Å². The maximum absolute atomic E-state index is 12.0. The van der Waals surface area contributed by atoms with E-state index < -0.39 is 10.0 Å². The number of aliphatic hydroxyl groups excluding tert-OH is 1. The van der Waals surface area contributed by atoms with Crippen LogP contribution in [0.25, 0.3) is 0 Å². The van der Waals surface area contributed by atoms with Gasteiger partial charge in [0.25, 0.3) is 0 Å². The van der Waals surface area contributed by atoms with Crippen LogP contribution in [0.1, 0.15) is 0 Å². The Morgan fingerprint density at radius 2 is 2.24 bits per heavy atom. The van der Waals surface area contributed by atoms with Crippen LogP contribution in [-0.4, -0.2) is 56.2 Å². The molecule has 0 saturated heterocycles. The van der Waals surface area contributed by atoms with E-state index in [1.54, 1.807) is 6.07 Å². The zero-order chi connectivity index (χ0) is 12.7. The van der Waals surface area contributed by atoms with E-state index in [1.165, 1.54) is 29.8 Å². The van der Waals surface area contributed by atoms with Crippen molar-refractivity contribution in [3.05, 3.63) is 24.5 Å². The van der Waals surface area contributed by atoms with Crippen LogP contribution in [0.15, 0.2) is 29.4 Å². The molecule has 0 saturated carbocycles. The topological polar surface area (TPSA) is 79.7 Å². The zero-order valence-corrected chi connectivity index (χ0v) is 10.4. The van der Waals surface area contributed by atoms with Crippen LogP contribution >= 0.6 is 0 Å². The average Bonchev–Trinajstić information content (AvgIpc) is 2.35. The summed E-state index contributed by atoms with van der Waals surface area (Å²) >= 11 is 0. The highest BCUT2D eigenvalue weighted by Crippen LogP contribution is 2.11. The SMILES string of the molecule is CN(CCOCCO)S(=O)(=O)c1cccnc1. The molecule has 6 nitrogen and oxygen atoms in total. The van der Waals surface area contributed by atoms with Crippen LogP contribution < -0.4 is 0 Å². The molecule has 7 heteroatoms. The Kier molecular flexibility index (Phi) is 5.49. The van der Waals surface area contributed by atoms with Crippen LogP contribution in [0.4, 0.5) is 0 Å². The van der Waals surface area contributed by atoms with Crippen LogP contribution in [-0.2, 0) is 14.8 Å². The Morgan fingerprint density at radius 3 is 2.82 bits per heavy atom. The number of aromatic nitrogens is 1. The Balaban J connectivity index is 2.59. The van der Waals surface area contributed by atoms with E-state index in [4.69, 9.17) is 9.84 Å². The molecule has 0 radical (unpaired) electrons. The molecular formula is C10H16N2O4S. The second kappa shape index (κ2) is 6.65. The van der Waals surface area contributed by atoms with Crippen molar-refractivity contribution in [1.29, 1.82) is 0 Å². The lowest BCUT2D eigenvalue weighted by molar-refractivity contribution is 0.0876. The fourth-order valence-electron chi connectivity index (χ4n) is 1.16. The number of nitrogens with zero attached hydrogens (tertiary/aromatic N) is 2.